The minimum absolute atomic E-state index is 0.163. The van der Waals surface area contributed by atoms with Crippen LogP contribution in [0.5, 0.6) is 0 Å². The quantitative estimate of drug-likeness (QED) is 0.790. The van der Waals surface area contributed by atoms with Gasteiger partial charge in [0.05, 0.1) is 5.69 Å². The predicted molar refractivity (Wildman–Crippen MR) is 79.8 cm³/mol. The van der Waals surface area contributed by atoms with Crippen molar-refractivity contribution in [3.63, 3.8) is 0 Å². The second-order valence-corrected chi connectivity index (χ2v) is 5.89. The molecule has 0 saturated carbocycles. The number of amides is 1. The van der Waals surface area contributed by atoms with E-state index in [-0.39, 0.29) is 11.5 Å². The maximum absolute atomic E-state index is 13.3. The summed E-state index contributed by atoms with van der Waals surface area (Å²) in [6.45, 7) is 0.571. The Bertz CT molecular complexity index is 690. The van der Waals surface area contributed by atoms with Crippen molar-refractivity contribution in [2.24, 2.45) is 0 Å². The molecule has 108 valence electrons. The molecular formula is C16H13F2NOS. The summed E-state index contributed by atoms with van der Waals surface area (Å²) in [5.74, 6) is -1.32. The molecule has 0 radical (unpaired) electrons. The monoisotopic (exact) mass is 305 g/mol. The fourth-order valence-corrected chi connectivity index (χ4v) is 3.32. The summed E-state index contributed by atoms with van der Waals surface area (Å²) in [5, 5.41) is 0. The van der Waals surface area contributed by atoms with Gasteiger partial charge in [0.25, 0.3) is 5.91 Å². The molecule has 0 fully saturated rings. The number of anilines is 1. The smallest absolute Gasteiger partial charge is 0.258 e. The lowest BCUT2D eigenvalue weighted by Gasteiger charge is -2.22. The first-order valence-electron chi connectivity index (χ1n) is 6.65. The zero-order chi connectivity index (χ0) is 14.8. The number of thioether (sulfide) groups is 1. The number of carbonyl (C=O) groups is 1. The van der Waals surface area contributed by atoms with Gasteiger partial charge in [-0.1, -0.05) is 12.1 Å². The van der Waals surface area contributed by atoms with Gasteiger partial charge in [0.1, 0.15) is 0 Å². The van der Waals surface area contributed by atoms with Crippen LogP contribution in [0.2, 0.25) is 0 Å². The Morgan fingerprint density at radius 1 is 1.10 bits per heavy atom. The normalized spacial score (nSPS) is 14.5. The topological polar surface area (TPSA) is 20.3 Å². The Morgan fingerprint density at radius 3 is 2.71 bits per heavy atom. The molecule has 1 aliphatic heterocycles. The van der Waals surface area contributed by atoms with Crippen molar-refractivity contribution in [3.8, 4) is 0 Å². The van der Waals surface area contributed by atoms with E-state index < -0.39 is 11.6 Å². The van der Waals surface area contributed by atoms with Crippen LogP contribution in [0.1, 0.15) is 16.8 Å². The Kier molecular flexibility index (Phi) is 3.92. The summed E-state index contributed by atoms with van der Waals surface area (Å²) in [7, 11) is 0. The zero-order valence-electron chi connectivity index (χ0n) is 11.2. The van der Waals surface area contributed by atoms with Gasteiger partial charge < -0.3 is 4.90 Å². The highest BCUT2D eigenvalue weighted by atomic mass is 32.2. The van der Waals surface area contributed by atoms with E-state index in [2.05, 4.69) is 0 Å². The Morgan fingerprint density at radius 2 is 1.90 bits per heavy atom. The molecule has 5 heteroatoms. The van der Waals surface area contributed by atoms with Crippen molar-refractivity contribution in [1.82, 2.24) is 0 Å². The summed E-state index contributed by atoms with van der Waals surface area (Å²) in [4.78, 5) is 15.3. The van der Waals surface area contributed by atoms with Gasteiger partial charge in [-0.15, -0.1) is 11.8 Å². The number of benzene rings is 2. The molecule has 0 saturated heterocycles. The van der Waals surface area contributed by atoms with E-state index in [9.17, 15) is 13.6 Å². The second-order valence-electron chi connectivity index (χ2n) is 4.76. The Labute approximate surface area is 125 Å². The molecule has 0 spiro atoms. The van der Waals surface area contributed by atoms with E-state index >= 15 is 0 Å². The number of para-hydroxylation sites is 1. The molecular weight excluding hydrogens is 292 g/mol. The summed E-state index contributed by atoms with van der Waals surface area (Å²) in [6, 6.07) is 10.9. The predicted octanol–water partition coefficient (Wildman–Crippen LogP) is 4.11. The third kappa shape index (κ3) is 2.78. The largest absolute Gasteiger partial charge is 0.307 e. The summed E-state index contributed by atoms with van der Waals surface area (Å²) in [6.07, 6.45) is 0.856. The number of halogens is 2. The highest BCUT2D eigenvalue weighted by molar-refractivity contribution is 7.99. The Balaban J connectivity index is 1.99. The molecule has 2 aromatic carbocycles. The fraction of sp³-hybridized carbons (Fsp3) is 0.188. The average Bonchev–Trinajstić information content (AvgIpc) is 2.71. The van der Waals surface area contributed by atoms with Gasteiger partial charge in [-0.3, -0.25) is 4.79 Å². The molecule has 1 aliphatic rings. The van der Waals surface area contributed by atoms with Gasteiger partial charge in [0.15, 0.2) is 11.6 Å². The molecule has 0 aliphatic carbocycles. The van der Waals surface area contributed by atoms with Crippen LogP contribution in [0.4, 0.5) is 14.5 Å². The number of rotatable bonds is 1. The van der Waals surface area contributed by atoms with E-state index in [4.69, 9.17) is 0 Å². The van der Waals surface area contributed by atoms with E-state index in [1.807, 2.05) is 24.3 Å². The van der Waals surface area contributed by atoms with Gasteiger partial charge in [-0.05, 0) is 42.5 Å². The summed E-state index contributed by atoms with van der Waals surface area (Å²) in [5.41, 5.74) is 0.991. The first-order chi connectivity index (χ1) is 10.2. The number of nitrogens with zero attached hydrogens (tertiary/aromatic N) is 1. The van der Waals surface area contributed by atoms with Crippen molar-refractivity contribution >= 4 is 23.4 Å². The van der Waals surface area contributed by atoms with Crippen LogP contribution in [0.25, 0.3) is 0 Å². The number of hydrogen-bond donors (Lipinski definition) is 0. The number of fused-ring (bicyclic) bond motifs is 1. The molecule has 2 nitrogen and oxygen atoms in total. The van der Waals surface area contributed by atoms with Gasteiger partial charge in [0, 0.05) is 17.0 Å². The SMILES string of the molecule is O=C(c1ccc(F)c(F)c1)N1CCCSc2ccccc21. The molecule has 0 aromatic heterocycles. The highest BCUT2D eigenvalue weighted by Crippen LogP contribution is 2.34. The summed E-state index contributed by atoms with van der Waals surface area (Å²) < 4.78 is 26.3. The van der Waals surface area contributed by atoms with Crippen molar-refractivity contribution in [2.75, 3.05) is 17.2 Å². The minimum atomic E-state index is -1.00. The van der Waals surface area contributed by atoms with Crippen LogP contribution in [-0.2, 0) is 0 Å². The third-order valence-corrected chi connectivity index (χ3v) is 4.50. The summed E-state index contributed by atoms with van der Waals surface area (Å²) >= 11 is 1.70. The molecule has 0 N–H and O–H groups in total. The van der Waals surface area contributed by atoms with Gasteiger partial charge >= 0.3 is 0 Å². The van der Waals surface area contributed by atoms with Gasteiger partial charge in [0.2, 0.25) is 0 Å². The molecule has 1 amide bonds. The van der Waals surface area contributed by atoms with Crippen LogP contribution >= 0.6 is 11.8 Å². The van der Waals surface area contributed by atoms with Crippen molar-refractivity contribution in [3.05, 3.63) is 59.7 Å². The molecule has 2 aromatic rings. The molecule has 3 rings (SSSR count). The van der Waals surface area contributed by atoms with E-state index in [0.29, 0.717) is 6.54 Å². The number of carbonyl (C=O) groups excluding carboxylic acids is 1. The van der Waals surface area contributed by atoms with E-state index in [1.54, 1.807) is 16.7 Å². The lowest BCUT2D eigenvalue weighted by Crippen LogP contribution is -2.31. The fourth-order valence-electron chi connectivity index (χ4n) is 2.32. The van der Waals surface area contributed by atoms with Crippen LogP contribution in [0.3, 0.4) is 0 Å². The lowest BCUT2D eigenvalue weighted by molar-refractivity contribution is 0.0986. The number of hydrogen-bond acceptors (Lipinski definition) is 2. The van der Waals surface area contributed by atoms with Gasteiger partial charge in [-0.25, -0.2) is 8.78 Å². The highest BCUT2D eigenvalue weighted by Gasteiger charge is 2.23. The van der Waals surface area contributed by atoms with Crippen molar-refractivity contribution < 1.29 is 13.6 Å². The van der Waals surface area contributed by atoms with Crippen LogP contribution in [-0.4, -0.2) is 18.2 Å². The van der Waals surface area contributed by atoms with E-state index in [1.165, 1.54) is 6.07 Å². The maximum atomic E-state index is 13.3. The maximum Gasteiger partial charge on any atom is 0.258 e. The van der Waals surface area contributed by atoms with Crippen LogP contribution in [0, 0.1) is 11.6 Å². The molecule has 0 unspecified atom stereocenters. The molecule has 0 atom stereocenters. The molecule has 21 heavy (non-hydrogen) atoms. The first kappa shape index (κ1) is 14.1. The van der Waals surface area contributed by atoms with Crippen LogP contribution in [0.15, 0.2) is 47.4 Å². The first-order valence-corrected chi connectivity index (χ1v) is 7.64. The molecule has 0 bridgehead atoms. The lowest BCUT2D eigenvalue weighted by atomic mass is 10.1. The van der Waals surface area contributed by atoms with Crippen LogP contribution < -0.4 is 4.90 Å². The average molecular weight is 305 g/mol. The van der Waals surface area contributed by atoms with E-state index in [0.717, 1.165) is 34.9 Å². The zero-order valence-corrected chi connectivity index (χ0v) is 12.0. The Hall–Kier alpha value is -1.88. The second kappa shape index (κ2) is 5.85. The standard InChI is InChI=1S/C16H13F2NOS/c17-12-7-6-11(10-13(12)18)16(20)19-8-3-9-21-15-5-2-1-4-14(15)19/h1-2,4-7,10H,3,8-9H2. The van der Waals surface area contributed by atoms with Gasteiger partial charge in [-0.2, -0.15) is 0 Å². The van der Waals surface area contributed by atoms with Crippen molar-refractivity contribution in [1.29, 1.82) is 0 Å². The third-order valence-electron chi connectivity index (χ3n) is 3.35. The molecule has 1 heterocycles. The van der Waals surface area contributed by atoms with Crippen molar-refractivity contribution in [2.45, 2.75) is 11.3 Å². The minimum Gasteiger partial charge on any atom is -0.307 e.